The van der Waals surface area contributed by atoms with Crippen LogP contribution < -0.4 is 10.2 Å². The van der Waals surface area contributed by atoms with Crippen molar-refractivity contribution in [1.82, 2.24) is 0 Å². The van der Waals surface area contributed by atoms with Gasteiger partial charge < -0.3 is 0 Å². The van der Waals surface area contributed by atoms with E-state index in [1.165, 1.54) is 4.46 Å². The summed E-state index contributed by atoms with van der Waals surface area (Å²) in [7, 11) is 0. The van der Waals surface area contributed by atoms with Crippen molar-refractivity contribution in [1.29, 1.82) is 0 Å². The van der Waals surface area contributed by atoms with Gasteiger partial charge in [-0.2, -0.15) is 0 Å². The van der Waals surface area contributed by atoms with Crippen LogP contribution in [0.15, 0.2) is 24.3 Å². The Balaban J connectivity index is 2.48. The van der Waals surface area contributed by atoms with Gasteiger partial charge >= 0.3 is 78.6 Å². The molecule has 0 spiro atoms. The molecule has 0 aliphatic rings. The van der Waals surface area contributed by atoms with E-state index in [4.69, 9.17) is 5.11 Å². The SMILES string of the molecule is CC([NH3+])C[Se]c1ccc(O)cc1. The Hall–Kier alpha value is -0.501. The summed E-state index contributed by atoms with van der Waals surface area (Å²) in [6, 6.07) is 7.98. The third-order valence-electron chi connectivity index (χ3n) is 1.37. The fourth-order valence-corrected chi connectivity index (χ4v) is 2.47. The number of hydrogen-bond donors (Lipinski definition) is 2. The van der Waals surface area contributed by atoms with Crippen molar-refractivity contribution in [2.24, 2.45) is 0 Å². The maximum atomic E-state index is 9.03. The Morgan fingerprint density at radius 1 is 1.42 bits per heavy atom. The number of phenols is 1. The molecule has 0 heterocycles. The minimum atomic E-state index is 0.345. The van der Waals surface area contributed by atoms with Gasteiger partial charge in [-0.3, -0.25) is 0 Å². The molecule has 0 amide bonds. The van der Waals surface area contributed by atoms with E-state index in [0.29, 0.717) is 26.7 Å². The average Bonchev–Trinajstić information content (AvgIpc) is 2.03. The van der Waals surface area contributed by atoms with Crippen LogP contribution in [0.1, 0.15) is 6.92 Å². The van der Waals surface area contributed by atoms with E-state index in [-0.39, 0.29) is 0 Å². The van der Waals surface area contributed by atoms with Gasteiger partial charge in [0.1, 0.15) is 0 Å². The van der Waals surface area contributed by atoms with E-state index >= 15 is 0 Å². The van der Waals surface area contributed by atoms with E-state index in [1.807, 2.05) is 12.1 Å². The van der Waals surface area contributed by atoms with Gasteiger partial charge in [0.25, 0.3) is 0 Å². The number of aromatic hydroxyl groups is 1. The van der Waals surface area contributed by atoms with Crippen molar-refractivity contribution < 1.29 is 10.8 Å². The molecular weight excluding hydrogens is 217 g/mol. The van der Waals surface area contributed by atoms with Crippen LogP contribution >= 0.6 is 0 Å². The Labute approximate surface area is 78.9 Å². The second-order valence-corrected chi connectivity index (χ2v) is 5.20. The average molecular weight is 231 g/mol. The zero-order valence-electron chi connectivity index (χ0n) is 7.16. The molecule has 0 saturated carbocycles. The van der Waals surface area contributed by atoms with Gasteiger partial charge in [0.2, 0.25) is 0 Å². The molecule has 2 nitrogen and oxygen atoms in total. The summed E-state index contributed by atoms with van der Waals surface area (Å²) in [6.07, 6.45) is 0. The summed E-state index contributed by atoms with van der Waals surface area (Å²) in [6.45, 7) is 2.13. The zero-order chi connectivity index (χ0) is 8.97. The van der Waals surface area contributed by atoms with Crippen molar-refractivity contribution in [3.8, 4) is 5.75 Å². The van der Waals surface area contributed by atoms with Crippen LogP contribution in [0.3, 0.4) is 0 Å². The van der Waals surface area contributed by atoms with Crippen molar-refractivity contribution in [2.45, 2.75) is 18.3 Å². The first-order valence-electron chi connectivity index (χ1n) is 3.93. The van der Waals surface area contributed by atoms with Crippen molar-refractivity contribution in [3.05, 3.63) is 24.3 Å². The van der Waals surface area contributed by atoms with Crippen molar-refractivity contribution >= 4 is 19.4 Å². The number of hydrogen-bond acceptors (Lipinski definition) is 1. The maximum absolute atomic E-state index is 9.03. The van der Waals surface area contributed by atoms with Crippen LogP contribution in [0.4, 0.5) is 0 Å². The third kappa shape index (κ3) is 3.26. The van der Waals surface area contributed by atoms with Crippen LogP contribution in [-0.2, 0) is 0 Å². The molecule has 0 aliphatic heterocycles. The zero-order valence-corrected chi connectivity index (χ0v) is 8.87. The van der Waals surface area contributed by atoms with E-state index in [2.05, 4.69) is 12.7 Å². The van der Waals surface area contributed by atoms with E-state index in [9.17, 15) is 0 Å². The van der Waals surface area contributed by atoms with Gasteiger partial charge in [-0.15, -0.1) is 0 Å². The first-order valence-corrected chi connectivity index (χ1v) is 6.00. The molecule has 4 N–H and O–H groups in total. The molecule has 66 valence electrons. The summed E-state index contributed by atoms with van der Waals surface area (Å²) in [5.74, 6) is 0.345. The molecule has 0 radical (unpaired) electrons. The van der Waals surface area contributed by atoms with Gasteiger partial charge in [-0.1, -0.05) is 0 Å². The second kappa shape index (κ2) is 4.51. The molecule has 0 bridgehead atoms. The van der Waals surface area contributed by atoms with Crippen LogP contribution in [-0.4, -0.2) is 26.1 Å². The first kappa shape index (κ1) is 9.59. The van der Waals surface area contributed by atoms with Gasteiger partial charge in [0.05, 0.1) is 0 Å². The summed E-state index contributed by atoms with van der Waals surface area (Å²) in [5, 5.41) is 10.2. The fourth-order valence-electron chi connectivity index (χ4n) is 0.781. The van der Waals surface area contributed by atoms with Gasteiger partial charge in [-0.25, -0.2) is 0 Å². The van der Waals surface area contributed by atoms with Gasteiger partial charge in [-0.05, 0) is 0 Å². The van der Waals surface area contributed by atoms with Crippen LogP contribution in [0.5, 0.6) is 5.75 Å². The molecule has 12 heavy (non-hydrogen) atoms. The first-order chi connectivity index (χ1) is 5.68. The molecule has 0 aromatic heterocycles. The molecule has 3 heteroatoms. The Bertz CT molecular complexity index is 233. The monoisotopic (exact) mass is 232 g/mol. The fraction of sp³-hybridized carbons (Fsp3) is 0.333. The number of phenolic OH excluding ortho intramolecular Hbond substituents is 1. The Kier molecular flexibility index (Phi) is 3.60. The molecule has 0 saturated heterocycles. The quantitative estimate of drug-likeness (QED) is 0.694. The number of rotatable bonds is 3. The third-order valence-corrected chi connectivity index (χ3v) is 4.19. The molecule has 1 rings (SSSR count). The molecule has 0 aliphatic carbocycles. The van der Waals surface area contributed by atoms with Crippen molar-refractivity contribution in [2.75, 3.05) is 0 Å². The molecule has 1 aromatic rings. The standard InChI is InChI=1S/C9H13NOSe/c1-7(10)6-12-9-4-2-8(11)3-5-9/h2-5,7,11H,6,10H2,1H3/p+1. The Morgan fingerprint density at radius 3 is 2.50 bits per heavy atom. The Morgan fingerprint density at radius 2 is 2.00 bits per heavy atom. The topological polar surface area (TPSA) is 47.9 Å². The molecule has 1 unspecified atom stereocenters. The summed E-state index contributed by atoms with van der Waals surface area (Å²) in [4.78, 5) is 0. The van der Waals surface area contributed by atoms with Crippen molar-refractivity contribution in [3.63, 3.8) is 0 Å². The molecule has 1 atom stereocenters. The predicted octanol–water partition coefficient (Wildman–Crippen LogP) is -0.230. The molecular formula is C9H14NOSe+. The minimum absolute atomic E-state index is 0.345. The van der Waals surface area contributed by atoms with E-state index < -0.39 is 0 Å². The number of benzene rings is 1. The van der Waals surface area contributed by atoms with Crippen LogP contribution in [0.25, 0.3) is 0 Å². The molecule has 1 aromatic carbocycles. The van der Waals surface area contributed by atoms with Crippen LogP contribution in [0, 0.1) is 0 Å². The van der Waals surface area contributed by atoms with E-state index in [1.54, 1.807) is 12.1 Å². The van der Waals surface area contributed by atoms with Crippen LogP contribution in [0.2, 0.25) is 5.32 Å². The molecule has 0 fully saturated rings. The van der Waals surface area contributed by atoms with E-state index in [0.717, 1.165) is 5.32 Å². The van der Waals surface area contributed by atoms with Gasteiger partial charge in [0.15, 0.2) is 0 Å². The van der Waals surface area contributed by atoms with Gasteiger partial charge in [0, 0.05) is 0 Å². The predicted molar refractivity (Wildman–Crippen MR) is 50.7 cm³/mol. The summed E-state index contributed by atoms with van der Waals surface area (Å²) in [5.41, 5.74) is 3.94. The summed E-state index contributed by atoms with van der Waals surface area (Å²) < 4.78 is 1.33. The normalized spacial score (nSPS) is 12.8. The summed E-state index contributed by atoms with van der Waals surface area (Å²) >= 11 is 0.509. The second-order valence-electron chi connectivity index (χ2n) is 2.91. The number of quaternary nitrogens is 1.